The van der Waals surface area contributed by atoms with Crippen LogP contribution in [0, 0.1) is 0 Å². The van der Waals surface area contributed by atoms with E-state index in [1.54, 1.807) is 24.3 Å². The summed E-state index contributed by atoms with van der Waals surface area (Å²) in [7, 11) is 1.63. The third-order valence-electron chi connectivity index (χ3n) is 7.30. The summed E-state index contributed by atoms with van der Waals surface area (Å²) in [4.78, 5) is 26.3. The van der Waals surface area contributed by atoms with E-state index in [0.717, 1.165) is 32.6 Å². The van der Waals surface area contributed by atoms with E-state index < -0.39 is 0 Å². The zero-order valence-electron chi connectivity index (χ0n) is 24.3. The number of aromatic nitrogens is 3. The lowest BCUT2D eigenvalue weighted by Gasteiger charge is -2.22. The summed E-state index contributed by atoms with van der Waals surface area (Å²) < 4.78 is 13.4. The van der Waals surface area contributed by atoms with Gasteiger partial charge in [-0.15, -0.1) is 10.2 Å². The van der Waals surface area contributed by atoms with Crippen molar-refractivity contribution in [2.24, 2.45) is 5.10 Å². The molecule has 228 valence electrons. The van der Waals surface area contributed by atoms with Crippen LogP contribution in [0.4, 0.5) is 0 Å². The highest BCUT2D eigenvalue weighted by molar-refractivity contribution is 9.10. The molecular weight excluding hydrogens is 656 g/mol. The van der Waals surface area contributed by atoms with Crippen molar-refractivity contribution in [3.8, 4) is 5.75 Å². The van der Waals surface area contributed by atoms with E-state index >= 15 is 0 Å². The molecule has 1 N–H and O–H groups in total. The van der Waals surface area contributed by atoms with E-state index in [4.69, 9.17) is 14.3 Å². The number of benzene rings is 3. The van der Waals surface area contributed by atoms with Crippen molar-refractivity contribution in [3.05, 3.63) is 130 Å². The molecule has 10 nitrogen and oxygen atoms in total. The summed E-state index contributed by atoms with van der Waals surface area (Å²) in [5.74, 6) is 1.10. The monoisotopic (exact) mass is 684 g/mol. The van der Waals surface area contributed by atoms with Gasteiger partial charge in [-0.25, -0.2) is 5.01 Å². The van der Waals surface area contributed by atoms with Crippen LogP contribution >= 0.6 is 27.7 Å². The normalized spacial score (nSPS) is 14.3. The third kappa shape index (κ3) is 7.18. The minimum atomic E-state index is -0.350. The number of thioether (sulfide) groups is 1. The van der Waals surface area contributed by atoms with E-state index in [-0.39, 0.29) is 35.9 Å². The van der Waals surface area contributed by atoms with Crippen LogP contribution in [-0.2, 0) is 17.9 Å². The zero-order valence-corrected chi connectivity index (χ0v) is 26.7. The molecule has 3 heterocycles. The number of nitrogens with one attached hydrogen (secondary N) is 1. The fourth-order valence-corrected chi connectivity index (χ4v) is 6.04. The minimum absolute atomic E-state index is 0.0927. The van der Waals surface area contributed by atoms with Crippen LogP contribution in [0.15, 0.2) is 116 Å². The maximum atomic E-state index is 13.8. The number of ether oxygens (including phenoxy) is 1. The number of methoxy groups -OCH3 is 1. The fourth-order valence-electron chi connectivity index (χ4n) is 4.97. The number of furan rings is 1. The highest BCUT2D eigenvalue weighted by Gasteiger charge is 2.33. The molecule has 0 fully saturated rings. The van der Waals surface area contributed by atoms with Crippen LogP contribution in [0.3, 0.4) is 0 Å². The number of hydrazone groups is 1. The molecule has 1 aliphatic heterocycles. The smallest absolute Gasteiger partial charge is 0.287 e. The summed E-state index contributed by atoms with van der Waals surface area (Å²) >= 11 is 4.78. The second-order valence-electron chi connectivity index (χ2n) is 10.2. The summed E-state index contributed by atoms with van der Waals surface area (Å²) in [6.07, 6.45) is 2.03. The second kappa shape index (κ2) is 14.0. The standard InChI is InChI=1S/C33H29BrN6O4S/c1-43-26-15-11-24(12-16-26)28-18-27(23-9-13-25(34)14-10-23)38-40(28)31(41)21-45-33-37-36-30(19-35-32(42)29-8-5-17-44-29)39(33)20-22-6-3-2-4-7-22/h2-17,28H,18-21H2,1H3,(H,35,42). The van der Waals surface area contributed by atoms with Crippen molar-refractivity contribution in [2.45, 2.75) is 30.7 Å². The number of rotatable bonds is 11. The van der Waals surface area contributed by atoms with Crippen LogP contribution in [-0.4, -0.2) is 50.2 Å². The Morgan fingerprint density at radius 2 is 1.78 bits per heavy atom. The Balaban J connectivity index is 1.22. The van der Waals surface area contributed by atoms with Gasteiger partial charge < -0.3 is 19.0 Å². The maximum Gasteiger partial charge on any atom is 0.287 e. The molecule has 1 atom stereocenters. The van der Waals surface area contributed by atoms with Crippen LogP contribution in [0.5, 0.6) is 5.75 Å². The number of halogens is 1. The van der Waals surface area contributed by atoms with Gasteiger partial charge in [0.15, 0.2) is 16.7 Å². The summed E-state index contributed by atoms with van der Waals surface area (Å²) in [6.45, 7) is 0.612. The van der Waals surface area contributed by atoms with E-state index in [1.807, 2.05) is 83.4 Å². The lowest BCUT2D eigenvalue weighted by molar-refractivity contribution is -0.130. The highest BCUT2D eigenvalue weighted by Crippen LogP contribution is 2.35. The Labute approximate surface area is 272 Å². The Hall–Kier alpha value is -4.68. The fraction of sp³-hybridized carbons (Fsp3) is 0.182. The van der Waals surface area contributed by atoms with Gasteiger partial charge in [-0.1, -0.05) is 82.3 Å². The number of nitrogens with zero attached hydrogens (tertiary/aromatic N) is 5. The Morgan fingerprint density at radius 1 is 1.00 bits per heavy atom. The summed E-state index contributed by atoms with van der Waals surface area (Å²) in [5, 5.41) is 18.5. The zero-order chi connectivity index (χ0) is 31.2. The Kier molecular flexibility index (Phi) is 9.41. The van der Waals surface area contributed by atoms with Gasteiger partial charge in [0.1, 0.15) is 5.75 Å². The number of amides is 2. The van der Waals surface area contributed by atoms with Crippen LogP contribution in [0.25, 0.3) is 0 Å². The topological polar surface area (TPSA) is 115 Å². The molecule has 3 aromatic carbocycles. The molecule has 45 heavy (non-hydrogen) atoms. The quantitative estimate of drug-likeness (QED) is 0.168. The first kappa shape index (κ1) is 30.4. The average Bonchev–Trinajstić information content (AvgIpc) is 3.85. The molecule has 0 bridgehead atoms. The molecule has 2 aromatic heterocycles. The minimum Gasteiger partial charge on any atom is -0.497 e. The molecular formula is C33H29BrN6O4S. The lowest BCUT2D eigenvalue weighted by Crippen LogP contribution is -2.28. The van der Waals surface area contributed by atoms with E-state index in [0.29, 0.717) is 23.9 Å². The van der Waals surface area contributed by atoms with Crippen molar-refractivity contribution < 1.29 is 18.7 Å². The van der Waals surface area contributed by atoms with Crippen molar-refractivity contribution >= 4 is 45.2 Å². The summed E-state index contributed by atoms with van der Waals surface area (Å²) in [6, 6.07) is 28.5. The molecule has 0 radical (unpaired) electrons. The van der Waals surface area contributed by atoms with Gasteiger partial charge >= 0.3 is 0 Å². The van der Waals surface area contributed by atoms with Crippen molar-refractivity contribution in [3.63, 3.8) is 0 Å². The number of hydrogen-bond acceptors (Lipinski definition) is 8. The van der Waals surface area contributed by atoms with Gasteiger partial charge in [-0.2, -0.15) is 5.10 Å². The lowest BCUT2D eigenvalue weighted by atomic mass is 9.98. The molecule has 0 aliphatic carbocycles. The highest BCUT2D eigenvalue weighted by atomic mass is 79.9. The molecule has 1 aliphatic rings. The van der Waals surface area contributed by atoms with Gasteiger partial charge in [0.25, 0.3) is 11.8 Å². The van der Waals surface area contributed by atoms with Gasteiger partial charge in [-0.3, -0.25) is 9.59 Å². The molecule has 1 unspecified atom stereocenters. The Morgan fingerprint density at radius 3 is 2.49 bits per heavy atom. The van der Waals surface area contributed by atoms with Crippen LogP contribution in [0.1, 0.15) is 45.5 Å². The van der Waals surface area contributed by atoms with E-state index in [9.17, 15) is 9.59 Å². The first-order valence-electron chi connectivity index (χ1n) is 14.2. The molecule has 12 heteroatoms. The van der Waals surface area contributed by atoms with Crippen molar-refractivity contribution in [1.29, 1.82) is 0 Å². The van der Waals surface area contributed by atoms with Gasteiger partial charge in [0.05, 0.1) is 44.0 Å². The first-order chi connectivity index (χ1) is 22.0. The maximum absolute atomic E-state index is 13.8. The van der Waals surface area contributed by atoms with Gasteiger partial charge in [0, 0.05) is 10.9 Å². The van der Waals surface area contributed by atoms with E-state index in [1.165, 1.54) is 18.0 Å². The molecule has 6 rings (SSSR count). The molecule has 0 spiro atoms. The SMILES string of the molecule is COc1ccc(C2CC(c3ccc(Br)cc3)=NN2C(=O)CSc2nnc(CNC(=O)c3ccco3)n2Cc2ccccc2)cc1. The molecule has 5 aromatic rings. The Bertz CT molecular complexity index is 1790. The van der Waals surface area contributed by atoms with Gasteiger partial charge in [-0.05, 0) is 53.1 Å². The molecule has 0 saturated carbocycles. The predicted molar refractivity (Wildman–Crippen MR) is 174 cm³/mol. The largest absolute Gasteiger partial charge is 0.497 e. The van der Waals surface area contributed by atoms with E-state index in [2.05, 4.69) is 31.4 Å². The van der Waals surface area contributed by atoms with Crippen LogP contribution < -0.4 is 10.1 Å². The number of carbonyl (C=O) groups excluding carboxylic acids is 2. The third-order valence-corrected chi connectivity index (χ3v) is 8.78. The second-order valence-corrected chi connectivity index (χ2v) is 12.1. The summed E-state index contributed by atoms with van der Waals surface area (Å²) in [5.41, 5.74) is 3.80. The van der Waals surface area contributed by atoms with Crippen molar-refractivity contribution in [1.82, 2.24) is 25.1 Å². The van der Waals surface area contributed by atoms with Crippen LogP contribution in [0.2, 0.25) is 0 Å². The predicted octanol–water partition coefficient (Wildman–Crippen LogP) is 6.09. The average molecular weight is 686 g/mol. The molecule has 2 amide bonds. The first-order valence-corrected chi connectivity index (χ1v) is 16.0. The number of hydrogen-bond donors (Lipinski definition) is 1. The van der Waals surface area contributed by atoms with Crippen molar-refractivity contribution in [2.75, 3.05) is 12.9 Å². The molecule has 0 saturated heterocycles. The van der Waals surface area contributed by atoms with Gasteiger partial charge in [0.2, 0.25) is 0 Å². The number of carbonyl (C=O) groups is 2.